The highest BCUT2D eigenvalue weighted by Gasteiger charge is 2.27. The van der Waals surface area contributed by atoms with Crippen molar-refractivity contribution < 1.29 is 4.79 Å². The first-order valence-corrected chi connectivity index (χ1v) is 6.88. The van der Waals surface area contributed by atoms with E-state index in [2.05, 4.69) is 11.9 Å². The van der Waals surface area contributed by atoms with Crippen molar-refractivity contribution in [3.05, 3.63) is 0 Å². The van der Waals surface area contributed by atoms with Gasteiger partial charge < -0.3 is 15.5 Å². The number of rotatable bonds is 2. The summed E-state index contributed by atoms with van der Waals surface area (Å²) in [6.45, 7) is 3.78. The van der Waals surface area contributed by atoms with Gasteiger partial charge in [0.1, 0.15) is 0 Å². The summed E-state index contributed by atoms with van der Waals surface area (Å²) in [7, 11) is 2.11. The molecule has 1 amide bonds. The van der Waals surface area contributed by atoms with Crippen LogP contribution >= 0.6 is 12.4 Å². The van der Waals surface area contributed by atoms with Crippen LogP contribution in [0.15, 0.2) is 0 Å². The molecule has 2 rings (SSSR count). The molecule has 4 nitrogen and oxygen atoms in total. The molecule has 1 saturated carbocycles. The predicted molar refractivity (Wildman–Crippen MR) is 75.9 cm³/mol. The lowest BCUT2D eigenvalue weighted by atomic mass is 9.82. The van der Waals surface area contributed by atoms with Crippen LogP contribution in [-0.4, -0.2) is 55.0 Å². The van der Waals surface area contributed by atoms with Gasteiger partial charge in [-0.2, -0.15) is 0 Å². The average Bonchev–Trinajstić information content (AvgIpc) is 2.33. The summed E-state index contributed by atoms with van der Waals surface area (Å²) in [6.07, 6.45) is 5.39. The molecule has 2 atom stereocenters. The molecule has 1 aliphatic heterocycles. The van der Waals surface area contributed by atoms with Crippen LogP contribution in [0, 0.1) is 5.92 Å². The molecule has 2 fully saturated rings. The van der Waals surface area contributed by atoms with Crippen LogP contribution in [0.25, 0.3) is 0 Å². The van der Waals surface area contributed by atoms with Gasteiger partial charge in [-0.3, -0.25) is 4.79 Å². The van der Waals surface area contributed by atoms with Gasteiger partial charge in [0, 0.05) is 38.6 Å². The molecule has 0 aromatic rings. The van der Waals surface area contributed by atoms with Crippen LogP contribution in [0.2, 0.25) is 0 Å². The van der Waals surface area contributed by atoms with Crippen molar-refractivity contribution in [2.45, 2.75) is 38.1 Å². The minimum absolute atomic E-state index is 0. The lowest BCUT2D eigenvalue weighted by Crippen LogP contribution is -2.48. The third-order valence-corrected chi connectivity index (χ3v) is 4.26. The lowest BCUT2D eigenvalue weighted by molar-refractivity contribution is -0.134. The van der Waals surface area contributed by atoms with E-state index in [9.17, 15) is 4.79 Å². The van der Waals surface area contributed by atoms with Crippen molar-refractivity contribution in [3.63, 3.8) is 0 Å². The Kier molecular flexibility index (Phi) is 6.39. The summed E-state index contributed by atoms with van der Waals surface area (Å²) in [6, 6.07) is 0.250. The molecular formula is C13H26ClN3O. The Morgan fingerprint density at radius 1 is 1.17 bits per heavy atom. The van der Waals surface area contributed by atoms with Gasteiger partial charge in [0.2, 0.25) is 5.91 Å². The van der Waals surface area contributed by atoms with Gasteiger partial charge in [0.15, 0.2) is 0 Å². The molecule has 0 radical (unpaired) electrons. The van der Waals surface area contributed by atoms with Crippen LogP contribution in [0.3, 0.4) is 0 Å². The molecule has 2 N–H and O–H groups in total. The summed E-state index contributed by atoms with van der Waals surface area (Å²) in [5.74, 6) is 0.747. The van der Waals surface area contributed by atoms with Gasteiger partial charge in [-0.25, -0.2) is 0 Å². The number of nitrogens with zero attached hydrogens (tertiary/aromatic N) is 2. The largest absolute Gasteiger partial charge is 0.340 e. The maximum absolute atomic E-state index is 12.2. The normalized spacial score (nSPS) is 29.8. The fourth-order valence-corrected chi connectivity index (χ4v) is 2.90. The topological polar surface area (TPSA) is 49.6 Å². The van der Waals surface area contributed by atoms with E-state index in [0.717, 1.165) is 39.0 Å². The molecule has 5 heteroatoms. The Balaban J connectivity index is 0.00000162. The highest BCUT2D eigenvalue weighted by molar-refractivity contribution is 5.85. The first kappa shape index (κ1) is 15.7. The van der Waals surface area contributed by atoms with E-state index >= 15 is 0 Å². The van der Waals surface area contributed by atoms with E-state index in [4.69, 9.17) is 5.73 Å². The molecule has 0 bridgehead atoms. The minimum Gasteiger partial charge on any atom is -0.340 e. The Morgan fingerprint density at radius 2 is 1.78 bits per heavy atom. The SMILES string of the molecule is CN1CCN(C(=O)CC2CCCCC2N)CC1.Cl. The minimum atomic E-state index is 0. The van der Waals surface area contributed by atoms with E-state index in [1.165, 1.54) is 12.8 Å². The monoisotopic (exact) mass is 275 g/mol. The summed E-state index contributed by atoms with van der Waals surface area (Å²) in [5, 5.41) is 0. The summed E-state index contributed by atoms with van der Waals surface area (Å²) < 4.78 is 0. The van der Waals surface area contributed by atoms with Crippen molar-refractivity contribution in [1.29, 1.82) is 0 Å². The predicted octanol–water partition coefficient (Wildman–Crippen LogP) is 1.09. The Labute approximate surface area is 116 Å². The van der Waals surface area contributed by atoms with Crippen molar-refractivity contribution in [3.8, 4) is 0 Å². The van der Waals surface area contributed by atoms with Gasteiger partial charge >= 0.3 is 0 Å². The maximum atomic E-state index is 12.2. The second kappa shape index (κ2) is 7.31. The van der Waals surface area contributed by atoms with Gasteiger partial charge in [-0.15, -0.1) is 12.4 Å². The number of carbonyl (C=O) groups excluding carboxylic acids is 1. The van der Waals surface area contributed by atoms with Gasteiger partial charge in [-0.05, 0) is 25.8 Å². The third-order valence-electron chi connectivity index (χ3n) is 4.26. The number of likely N-dealkylation sites (N-methyl/N-ethyl adjacent to an activating group) is 1. The quantitative estimate of drug-likeness (QED) is 0.821. The number of nitrogens with two attached hydrogens (primary N) is 1. The van der Waals surface area contributed by atoms with Crippen molar-refractivity contribution in [2.24, 2.45) is 11.7 Å². The number of halogens is 1. The number of hydrogen-bond acceptors (Lipinski definition) is 3. The van der Waals surface area contributed by atoms with Crippen molar-refractivity contribution in [2.75, 3.05) is 33.2 Å². The third kappa shape index (κ3) is 4.11. The molecule has 18 heavy (non-hydrogen) atoms. The van der Waals surface area contributed by atoms with Crippen molar-refractivity contribution in [1.82, 2.24) is 9.80 Å². The van der Waals surface area contributed by atoms with E-state index in [0.29, 0.717) is 18.2 Å². The number of carbonyl (C=O) groups is 1. The highest BCUT2D eigenvalue weighted by Crippen LogP contribution is 2.26. The fraction of sp³-hybridized carbons (Fsp3) is 0.923. The molecule has 0 aromatic heterocycles. The molecule has 2 unspecified atom stereocenters. The van der Waals surface area contributed by atoms with Crippen LogP contribution < -0.4 is 5.73 Å². The highest BCUT2D eigenvalue weighted by atomic mass is 35.5. The van der Waals surface area contributed by atoms with Crippen LogP contribution in [0.1, 0.15) is 32.1 Å². The van der Waals surface area contributed by atoms with Gasteiger partial charge in [-0.1, -0.05) is 12.8 Å². The number of hydrogen-bond donors (Lipinski definition) is 1. The van der Waals surface area contributed by atoms with E-state index in [-0.39, 0.29) is 18.4 Å². The number of piperazine rings is 1. The van der Waals surface area contributed by atoms with Crippen LogP contribution in [0.5, 0.6) is 0 Å². The molecule has 0 aromatic carbocycles. The summed E-state index contributed by atoms with van der Waals surface area (Å²) in [4.78, 5) is 16.5. The molecule has 106 valence electrons. The Bertz CT molecular complexity index is 267. The number of amides is 1. The Hall–Kier alpha value is -0.320. The van der Waals surface area contributed by atoms with Gasteiger partial charge in [0.05, 0.1) is 0 Å². The van der Waals surface area contributed by atoms with E-state index in [1.54, 1.807) is 0 Å². The van der Waals surface area contributed by atoms with Crippen LogP contribution in [0.4, 0.5) is 0 Å². The molecule has 1 saturated heterocycles. The molecule has 1 heterocycles. The van der Waals surface area contributed by atoms with Crippen molar-refractivity contribution >= 4 is 18.3 Å². The lowest BCUT2D eigenvalue weighted by Gasteiger charge is -2.35. The smallest absolute Gasteiger partial charge is 0.222 e. The first-order chi connectivity index (χ1) is 8.16. The average molecular weight is 276 g/mol. The van der Waals surface area contributed by atoms with E-state index < -0.39 is 0 Å². The second-order valence-corrected chi connectivity index (χ2v) is 5.60. The fourth-order valence-electron chi connectivity index (χ4n) is 2.90. The standard InChI is InChI=1S/C13H25N3O.ClH/c1-15-6-8-16(9-7-15)13(17)10-11-4-2-3-5-12(11)14;/h11-12H,2-10,14H2,1H3;1H. The summed E-state index contributed by atoms with van der Waals surface area (Å²) in [5.41, 5.74) is 6.10. The summed E-state index contributed by atoms with van der Waals surface area (Å²) >= 11 is 0. The zero-order valence-corrected chi connectivity index (χ0v) is 12.1. The maximum Gasteiger partial charge on any atom is 0.222 e. The first-order valence-electron chi connectivity index (χ1n) is 6.88. The van der Waals surface area contributed by atoms with E-state index in [1.807, 2.05) is 4.90 Å². The molecular weight excluding hydrogens is 250 g/mol. The molecule has 1 aliphatic carbocycles. The zero-order valence-electron chi connectivity index (χ0n) is 11.3. The molecule has 2 aliphatic rings. The zero-order chi connectivity index (χ0) is 12.3. The molecule has 0 spiro atoms. The Morgan fingerprint density at radius 3 is 2.39 bits per heavy atom. The second-order valence-electron chi connectivity index (χ2n) is 5.60. The van der Waals surface area contributed by atoms with Gasteiger partial charge in [0.25, 0.3) is 0 Å². The van der Waals surface area contributed by atoms with Crippen LogP contribution in [-0.2, 0) is 4.79 Å².